The van der Waals surface area contributed by atoms with Crippen LogP contribution in [0, 0.1) is 5.92 Å². The molecule has 0 radical (unpaired) electrons. The van der Waals surface area contributed by atoms with Crippen LogP contribution in [0.2, 0.25) is 0 Å². The number of amides is 4. The van der Waals surface area contributed by atoms with Crippen molar-refractivity contribution in [3.63, 3.8) is 0 Å². The molecule has 0 heterocycles. The van der Waals surface area contributed by atoms with Crippen LogP contribution in [0.5, 0.6) is 0 Å². The highest BCUT2D eigenvalue weighted by molar-refractivity contribution is 5.94. The summed E-state index contributed by atoms with van der Waals surface area (Å²) in [6.45, 7) is 3.93. The number of unbranched alkanes of at least 4 members (excludes halogenated alkanes) is 1. The fourth-order valence-electron chi connectivity index (χ4n) is 3.74. The standard InChI is InChI=1S/C26H42N6O6/c1-3-16(2)22(26(37)38)32-24(35)19(11-7-8-14-27)30-25(36)20(15-17-9-5-4-6-10-17)31-23(34)18(28)12-13-21(29)33/h4-6,9-10,16,18-20,22H,3,7-8,11-15,27-28H2,1-2H3,(H2,29,33)(H,30,36)(H,31,34)(H,32,35)(H,37,38). The second-order valence-electron chi connectivity index (χ2n) is 9.42. The van der Waals surface area contributed by atoms with E-state index in [0.29, 0.717) is 25.8 Å². The highest BCUT2D eigenvalue weighted by atomic mass is 16.4. The summed E-state index contributed by atoms with van der Waals surface area (Å²) < 4.78 is 0. The van der Waals surface area contributed by atoms with E-state index in [2.05, 4.69) is 16.0 Å². The quantitative estimate of drug-likeness (QED) is 0.122. The normalized spacial score (nSPS) is 14.8. The SMILES string of the molecule is CCC(C)C(NC(=O)C(CCCCN)NC(=O)C(Cc1ccccc1)NC(=O)C(N)CCC(N)=O)C(=O)O. The van der Waals surface area contributed by atoms with Gasteiger partial charge in [0.2, 0.25) is 23.6 Å². The van der Waals surface area contributed by atoms with Crippen molar-refractivity contribution in [2.75, 3.05) is 6.54 Å². The van der Waals surface area contributed by atoms with E-state index in [4.69, 9.17) is 17.2 Å². The molecule has 0 aliphatic rings. The van der Waals surface area contributed by atoms with Gasteiger partial charge in [-0.05, 0) is 43.7 Å². The molecule has 5 unspecified atom stereocenters. The van der Waals surface area contributed by atoms with E-state index in [-0.39, 0.29) is 31.6 Å². The number of hydrogen-bond acceptors (Lipinski definition) is 7. The summed E-state index contributed by atoms with van der Waals surface area (Å²) in [7, 11) is 0. The average molecular weight is 535 g/mol. The number of hydrogen-bond donors (Lipinski definition) is 7. The number of carbonyl (C=O) groups is 5. The Labute approximate surface area is 223 Å². The van der Waals surface area contributed by atoms with Crippen molar-refractivity contribution in [3.05, 3.63) is 35.9 Å². The summed E-state index contributed by atoms with van der Waals surface area (Å²) in [6, 6.07) is 4.64. The maximum absolute atomic E-state index is 13.4. The Morgan fingerprint density at radius 3 is 2.05 bits per heavy atom. The van der Waals surface area contributed by atoms with E-state index in [1.54, 1.807) is 31.2 Å². The fraction of sp³-hybridized carbons (Fsp3) is 0.577. The Bertz CT molecular complexity index is 928. The van der Waals surface area contributed by atoms with Crippen LogP contribution in [0.25, 0.3) is 0 Å². The van der Waals surface area contributed by atoms with E-state index in [1.807, 2.05) is 13.0 Å². The first-order chi connectivity index (χ1) is 18.0. The zero-order valence-corrected chi connectivity index (χ0v) is 22.2. The van der Waals surface area contributed by atoms with Crippen molar-refractivity contribution >= 4 is 29.6 Å². The molecular weight excluding hydrogens is 492 g/mol. The number of nitrogens with two attached hydrogens (primary N) is 3. The largest absolute Gasteiger partial charge is 0.480 e. The third kappa shape index (κ3) is 11.7. The van der Waals surface area contributed by atoms with Gasteiger partial charge in [0.25, 0.3) is 0 Å². The second-order valence-corrected chi connectivity index (χ2v) is 9.42. The summed E-state index contributed by atoms with van der Waals surface area (Å²) in [4.78, 5) is 61.9. The smallest absolute Gasteiger partial charge is 0.326 e. The number of rotatable bonds is 18. The zero-order valence-electron chi connectivity index (χ0n) is 22.2. The predicted molar refractivity (Wildman–Crippen MR) is 142 cm³/mol. The molecule has 38 heavy (non-hydrogen) atoms. The van der Waals surface area contributed by atoms with Crippen molar-refractivity contribution in [2.24, 2.45) is 23.1 Å². The van der Waals surface area contributed by atoms with Crippen LogP contribution in [-0.2, 0) is 30.4 Å². The lowest BCUT2D eigenvalue weighted by Crippen LogP contribution is -2.58. The first kappa shape index (κ1) is 32.5. The van der Waals surface area contributed by atoms with Crippen LogP contribution in [-0.4, -0.2) is 65.4 Å². The highest BCUT2D eigenvalue weighted by Crippen LogP contribution is 2.11. The molecule has 4 amide bonds. The molecule has 0 spiro atoms. The van der Waals surface area contributed by atoms with Gasteiger partial charge in [0, 0.05) is 12.8 Å². The van der Waals surface area contributed by atoms with E-state index >= 15 is 0 Å². The van der Waals surface area contributed by atoms with Gasteiger partial charge in [-0.15, -0.1) is 0 Å². The van der Waals surface area contributed by atoms with Gasteiger partial charge in [-0.1, -0.05) is 50.6 Å². The van der Waals surface area contributed by atoms with Gasteiger partial charge in [0.1, 0.15) is 18.1 Å². The maximum atomic E-state index is 13.4. The molecule has 0 saturated carbocycles. The first-order valence-corrected chi connectivity index (χ1v) is 12.9. The Hall–Kier alpha value is -3.51. The van der Waals surface area contributed by atoms with Crippen molar-refractivity contribution in [3.8, 4) is 0 Å². The Morgan fingerprint density at radius 2 is 1.50 bits per heavy atom. The Morgan fingerprint density at radius 1 is 0.895 bits per heavy atom. The molecule has 1 aromatic carbocycles. The number of aliphatic carboxylic acids is 1. The van der Waals surface area contributed by atoms with Crippen molar-refractivity contribution in [1.29, 1.82) is 0 Å². The number of nitrogens with one attached hydrogen (secondary N) is 3. The highest BCUT2D eigenvalue weighted by Gasteiger charge is 2.32. The van der Waals surface area contributed by atoms with Gasteiger partial charge in [-0.2, -0.15) is 0 Å². The van der Waals surface area contributed by atoms with Gasteiger partial charge < -0.3 is 38.3 Å². The number of carboxylic acids is 1. The van der Waals surface area contributed by atoms with E-state index in [0.717, 1.165) is 5.56 Å². The van der Waals surface area contributed by atoms with Crippen molar-refractivity contribution in [1.82, 2.24) is 16.0 Å². The molecule has 0 saturated heterocycles. The van der Waals surface area contributed by atoms with Crippen LogP contribution < -0.4 is 33.2 Å². The molecule has 12 heteroatoms. The van der Waals surface area contributed by atoms with E-state index in [9.17, 15) is 29.1 Å². The summed E-state index contributed by atoms with van der Waals surface area (Å²) in [5.41, 5.74) is 17.3. The fourth-order valence-corrected chi connectivity index (χ4v) is 3.74. The first-order valence-electron chi connectivity index (χ1n) is 12.9. The topological polar surface area (TPSA) is 220 Å². The minimum absolute atomic E-state index is 0.0111. The van der Waals surface area contributed by atoms with Crippen LogP contribution in [0.15, 0.2) is 30.3 Å². The molecule has 212 valence electrons. The lowest BCUT2D eigenvalue weighted by atomic mass is 9.98. The lowest BCUT2D eigenvalue weighted by Gasteiger charge is -2.26. The van der Waals surface area contributed by atoms with Crippen LogP contribution in [0.4, 0.5) is 0 Å². The molecule has 0 fully saturated rings. The molecule has 10 N–H and O–H groups in total. The predicted octanol–water partition coefficient (Wildman–Crippen LogP) is -0.464. The summed E-state index contributed by atoms with van der Waals surface area (Å²) in [5, 5.41) is 17.4. The third-order valence-corrected chi connectivity index (χ3v) is 6.31. The number of benzene rings is 1. The number of primary amides is 1. The minimum Gasteiger partial charge on any atom is -0.480 e. The molecule has 1 aromatic rings. The third-order valence-electron chi connectivity index (χ3n) is 6.31. The number of carbonyl (C=O) groups excluding carboxylic acids is 4. The van der Waals surface area contributed by atoms with Gasteiger partial charge in [0.05, 0.1) is 6.04 Å². The van der Waals surface area contributed by atoms with E-state index in [1.165, 1.54) is 0 Å². The van der Waals surface area contributed by atoms with Crippen LogP contribution in [0.3, 0.4) is 0 Å². The van der Waals surface area contributed by atoms with E-state index < -0.39 is 53.8 Å². The monoisotopic (exact) mass is 534 g/mol. The molecule has 12 nitrogen and oxygen atoms in total. The molecule has 0 aliphatic carbocycles. The lowest BCUT2D eigenvalue weighted by molar-refractivity contribution is -0.144. The van der Waals surface area contributed by atoms with Crippen molar-refractivity contribution in [2.45, 2.75) is 83.0 Å². The van der Waals surface area contributed by atoms with Crippen LogP contribution >= 0.6 is 0 Å². The van der Waals surface area contributed by atoms with Gasteiger partial charge in [-0.25, -0.2) is 4.79 Å². The van der Waals surface area contributed by atoms with Gasteiger partial charge in [-0.3, -0.25) is 19.2 Å². The van der Waals surface area contributed by atoms with Crippen LogP contribution in [0.1, 0.15) is 57.9 Å². The second kappa shape index (κ2) is 17.1. The number of carboxylic acid groups (broad SMARTS) is 1. The maximum Gasteiger partial charge on any atom is 0.326 e. The molecule has 0 aliphatic heterocycles. The summed E-state index contributed by atoms with van der Waals surface area (Å²) in [6.07, 6.45) is 1.92. The molecule has 0 bridgehead atoms. The Kier molecular flexibility index (Phi) is 14.6. The van der Waals surface area contributed by atoms with Gasteiger partial charge in [0.15, 0.2) is 0 Å². The summed E-state index contributed by atoms with van der Waals surface area (Å²) in [5.74, 6) is -4.01. The Balaban J connectivity index is 3.11. The van der Waals surface area contributed by atoms with Crippen molar-refractivity contribution < 1.29 is 29.1 Å². The van der Waals surface area contributed by atoms with Gasteiger partial charge >= 0.3 is 5.97 Å². The zero-order chi connectivity index (χ0) is 28.7. The molecule has 0 aromatic heterocycles. The molecule has 5 atom stereocenters. The average Bonchev–Trinajstić information content (AvgIpc) is 2.89. The molecule has 1 rings (SSSR count). The minimum atomic E-state index is -1.17. The molecular formula is C26H42N6O6. The summed E-state index contributed by atoms with van der Waals surface area (Å²) >= 11 is 0.